The number of rotatable bonds is 5. The lowest BCUT2D eigenvalue weighted by Gasteiger charge is -2.30. The van der Waals surface area contributed by atoms with E-state index in [0.29, 0.717) is 24.0 Å². The number of pyridine rings is 1. The molecule has 0 aliphatic carbocycles. The van der Waals surface area contributed by atoms with Crippen molar-refractivity contribution in [1.29, 1.82) is 0 Å². The second kappa shape index (κ2) is 7.25. The van der Waals surface area contributed by atoms with Crippen LogP contribution in [0, 0.1) is 5.92 Å². The molecule has 0 N–H and O–H groups in total. The van der Waals surface area contributed by atoms with E-state index in [1.165, 1.54) is 11.3 Å². The summed E-state index contributed by atoms with van der Waals surface area (Å²) < 4.78 is 5.36. The molecule has 0 amide bonds. The van der Waals surface area contributed by atoms with Crippen molar-refractivity contribution in [1.82, 2.24) is 20.0 Å². The van der Waals surface area contributed by atoms with Gasteiger partial charge in [-0.25, -0.2) is 0 Å². The van der Waals surface area contributed by atoms with Gasteiger partial charge in [-0.2, -0.15) is 4.98 Å². The number of carbonyl (C=O) groups excluding carboxylic acids is 1. The van der Waals surface area contributed by atoms with Crippen LogP contribution in [0.25, 0.3) is 11.5 Å². The van der Waals surface area contributed by atoms with Crippen LogP contribution in [0.5, 0.6) is 0 Å². The highest BCUT2D eigenvalue weighted by Gasteiger charge is 2.28. The number of ketones is 1. The zero-order chi connectivity index (χ0) is 17.1. The molecule has 4 heterocycles. The molecule has 0 spiro atoms. The molecule has 0 saturated carbocycles. The monoisotopic (exact) mass is 354 g/mol. The number of aromatic nitrogens is 3. The van der Waals surface area contributed by atoms with Crippen molar-refractivity contribution in [3.63, 3.8) is 0 Å². The van der Waals surface area contributed by atoms with Crippen LogP contribution in [-0.2, 0) is 6.54 Å². The van der Waals surface area contributed by atoms with Crippen LogP contribution in [0.1, 0.15) is 28.4 Å². The van der Waals surface area contributed by atoms with Gasteiger partial charge in [0.05, 0.1) is 11.4 Å². The predicted molar refractivity (Wildman–Crippen MR) is 94.2 cm³/mol. The third-order valence-electron chi connectivity index (χ3n) is 4.36. The maximum Gasteiger partial charge on any atom is 0.241 e. The number of hydrogen-bond donors (Lipinski definition) is 0. The van der Waals surface area contributed by atoms with E-state index in [9.17, 15) is 4.79 Å². The molecule has 1 fully saturated rings. The minimum atomic E-state index is 0.0468. The van der Waals surface area contributed by atoms with Gasteiger partial charge in [-0.05, 0) is 43.0 Å². The molecule has 25 heavy (non-hydrogen) atoms. The van der Waals surface area contributed by atoms with E-state index < -0.39 is 0 Å². The van der Waals surface area contributed by atoms with Gasteiger partial charge in [0, 0.05) is 18.7 Å². The topological polar surface area (TPSA) is 72.1 Å². The summed E-state index contributed by atoms with van der Waals surface area (Å²) in [4.78, 5) is 24.3. The summed E-state index contributed by atoms with van der Waals surface area (Å²) in [7, 11) is 0. The van der Waals surface area contributed by atoms with Crippen molar-refractivity contribution in [2.24, 2.45) is 5.92 Å². The van der Waals surface area contributed by atoms with Crippen molar-refractivity contribution in [2.45, 2.75) is 19.4 Å². The zero-order valence-corrected chi connectivity index (χ0v) is 14.5. The minimum Gasteiger partial charge on any atom is -0.337 e. The number of hydrogen-bond acceptors (Lipinski definition) is 7. The molecule has 1 saturated heterocycles. The van der Waals surface area contributed by atoms with Gasteiger partial charge in [-0.1, -0.05) is 17.3 Å². The Kier molecular flexibility index (Phi) is 4.67. The molecule has 0 aromatic carbocycles. The molecule has 7 heteroatoms. The molecule has 6 nitrogen and oxygen atoms in total. The number of piperidine rings is 1. The van der Waals surface area contributed by atoms with Gasteiger partial charge in [0.2, 0.25) is 11.7 Å². The second-order valence-corrected chi connectivity index (χ2v) is 7.09. The fraction of sp³-hybridized carbons (Fsp3) is 0.333. The van der Waals surface area contributed by atoms with Gasteiger partial charge in [0.15, 0.2) is 5.78 Å². The predicted octanol–water partition coefficient (Wildman–Crippen LogP) is 3.29. The van der Waals surface area contributed by atoms with Crippen LogP contribution in [0.2, 0.25) is 0 Å². The summed E-state index contributed by atoms with van der Waals surface area (Å²) in [5, 5.41) is 5.96. The molecule has 0 bridgehead atoms. The van der Waals surface area contributed by atoms with Crippen LogP contribution in [-0.4, -0.2) is 38.9 Å². The van der Waals surface area contributed by atoms with Gasteiger partial charge in [-0.15, -0.1) is 11.3 Å². The molecule has 1 aliphatic rings. The smallest absolute Gasteiger partial charge is 0.241 e. The van der Waals surface area contributed by atoms with Crippen LogP contribution in [0.3, 0.4) is 0 Å². The van der Waals surface area contributed by atoms with E-state index in [-0.39, 0.29) is 11.7 Å². The lowest BCUT2D eigenvalue weighted by atomic mass is 9.93. The molecular formula is C18H18N4O2S. The van der Waals surface area contributed by atoms with Crippen molar-refractivity contribution in [3.8, 4) is 11.5 Å². The number of carbonyl (C=O) groups is 1. The van der Waals surface area contributed by atoms with E-state index in [2.05, 4.69) is 20.0 Å². The van der Waals surface area contributed by atoms with Crippen LogP contribution in [0.15, 0.2) is 46.4 Å². The first-order chi connectivity index (χ1) is 12.3. The Morgan fingerprint density at radius 3 is 3.08 bits per heavy atom. The Morgan fingerprint density at radius 1 is 1.32 bits per heavy atom. The van der Waals surface area contributed by atoms with E-state index in [1.54, 1.807) is 6.20 Å². The van der Waals surface area contributed by atoms with Crippen molar-refractivity contribution in [3.05, 3.63) is 52.7 Å². The van der Waals surface area contributed by atoms with Gasteiger partial charge in [0.25, 0.3) is 0 Å². The first-order valence-electron chi connectivity index (χ1n) is 8.33. The van der Waals surface area contributed by atoms with Crippen LogP contribution < -0.4 is 0 Å². The van der Waals surface area contributed by atoms with E-state index >= 15 is 0 Å². The van der Waals surface area contributed by atoms with Gasteiger partial charge in [0.1, 0.15) is 5.69 Å². The lowest BCUT2D eigenvalue weighted by Crippen LogP contribution is -2.38. The maximum absolute atomic E-state index is 12.6. The number of likely N-dealkylation sites (tertiary alicyclic amines) is 1. The highest BCUT2D eigenvalue weighted by atomic mass is 32.1. The van der Waals surface area contributed by atoms with E-state index in [0.717, 1.165) is 30.8 Å². The lowest BCUT2D eigenvalue weighted by molar-refractivity contribution is 0.0801. The third-order valence-corrected chi connectivity index (χ3v) is 5.25. The van der Waals surface area contributed by atoms with Crippen LogP contribution in [0.4, 0.5) is 0 Å². The Morgan fingerprint density at radius 2 is 2.28 bits per heavy atom. The molecular weight excluding hydrogens is 336 g/mol. The summed E-state index contributed by atoms with van der Waals surface area (Å²) in [6.45, 7) is 2.24. The van der Waals surface area contributed by atoms with Gasteiger partial charge in [-0.3, -0.25) is 14.7 Å². The molecule has 1 aliphatic heterocycles. The molecule has 3 aromatic rings. The summed E-state index contributed by atoms with van der Waals surface area (Å²) in [6, 6.07) is 9.43. The summed E-state index contributed by atoms with van der Waals surface area (Å²) in [5.74, 6) is 1.36. The second-order valence-electron chi connectivity index (χ2n) is 6.14. The molecule has 3 aromatic heterocycles. The van der Waals surface area contributed by atoms with Crippen molar-refractivity contribution < 1.29 is 9.32 Å². The molecule has 128 valence electrons. The maximum atomic E-state index is 12.6. The molecule has 1 unspecified atom stereocenters. The molecule has 4 rings (SSSR count). The number of thiophene rings is 1. The van der Waals surface area contributed by atoms with Crippen molar-refractivity contribution >= 4 is 17.1 Å². The summed E-state index contributed by atoms with van der Waals surface area (Å²) in [6.07, 6.45) is 3.65. The Balaban J connectivity index is 1.41. The van der Waals surface area contributed by atoms with Gasteiger partial charge >= 0.3 is 0 Å². The third kappa shape index (κ3) is 3.67. The largest absolute Gasteiger partial charge is 0.337 e. The average Bonchev–Trinajstić information content (AvgIpc) is 3.34. The normalized spacial score (nSPS) is 18.3. The minimum absolute atomic E-state index is 0.0468. The highest BCUT2D eigenvalue weighted by molar-refractivity contribution is 7.12. The zero-order valence-electron chi connectivity index (χ0n) is 13.7. The quantitative estimate of drug-likeness (QED) is 0.655. The summed E-state index contributed by atoms with van der Waals surface area (Å²) >= 11 is 1.51. The first kappa shape index (κ1) is 16.1. The summed E-state index contributed by atoms with van der Waals surface area (Å²) in [5.41, 5.74) is 0.696. The fourth-order valence-corrected chi connectivity index (χ4v) is 3.89. The highest BCUT2D eigenvalue weighted by Crippen LogP contribution is 2.24. The van der Waals surface area contributed by atoms with Crippen LogP contribution >= 0.6 is 11.3 Å². The molecule has 1 atom stereocenters. The van der Waals surface area contributed by atoms with E-state index in [4.69, 9.17) is 4.52 Å². The Bertz CT molecular complexity index is 832. The molecule has 0 radical (unpaired) electrons. The van der Waals surface area contributed by atoms with E-state index in [1.807, 2.05) is 35.7 Å². The standard InChI is InChI=1S/C18H18N4O2S/c23-17(15-7-4-10-25-15)13-5-3-9-22(11-13)12-16-20-18(21-24-16)14-6-1-2-8-19-14/h1-2,4,6-8,10,13H,3,5,9,11-12H2. The number of Topliss-reactive ketones (excluding diaryl/α,β-unsaturated/α-hetero) is 1. The van der Waals surface area contributed by atoms with Gasteiger partial charge < -0.3 is 4.52 Å². The average molecular weight is 354 g/mol. The Labute approximate surface area is 149 Å². The Hall–Kier alpha value is -2.38. The first-order valence-corrected chi connectivity index (χ1v) is 9.21. The number of nitrogens with zero attached hydrogens (tertiary/aromatic N) is 4. The van der Waals surface area contributed by atoms with Crippen molar-refractivity contribution in [2.75, 3.05) is 13.1 Å². The fourth-order valence-electron chi connectivity index (χ4n) is 3.14. The SMILES string of the molecule is O=C(c1cccs1)C1CCCN(Cc2nc(-c3ccccn3)no2)C1.